The number of nitriles is 1. The van der Waals surface area contributed by atoms with Crippen molar-refractivity contribution in [2.45, 2.75) is 39.3 Å². The maximum atomic E-state index is 8.83. The molecule has 0 radical (unpaired) electrons. The van der Waals surface area contributed by atoms with Gasteiger partial charge in [-0.05, 0) is 43.0 Å². The Balaban J connectivity index is 2.12. The molecule has 0 spiro atoms. The third kappa shape index (κ3) is 2.85. The van der Waals surface area contributed by atoms with Crippen LogP contribution < -0.4 is 0 Å². The molecule has 1 unspecified atom stereocenters. The second-order valence-electron chi connectivity index (χ2n) is 5.34. The Hall–Kier alpha value is -1.04. The van der Waals surface area contributed by atoms with Crippen LogP contribution in [0.15, 0.2) is 18.2 Å². The van der Waals surface area contributed by atoms with Gasteiger partial charge < -0.3 is 0 Å². The van der Waals surface area contributed by atoms with Crippen LogP contribution in [-0.2, 0) is 6.54 Å². The second kappa shape index (κ2) is 5.73. The van der Waals surface area contributed by atoms with Gasteiger partial charge in [-0.2, -0.15) is 5.26 Å². The van der Waals surface area contributed by atoms with E-state index in [1.54, 1.807) is 6.07 Å². The number of halogens is 1. The smallest absolute Gasteiger partial charge is 0.0992 e. The normalized spacial score (nSPS) is 20.3. The van der Waals surface area contributed by atoms with Crippen LogP contribution in [0.25, 0.3) is 0 Å². The molecule has 0 N–H and O–H groups in total. The summed E-state index contributed by atoms with van der Waals surface area (Å²) in [6.07, 6.45) is 2.56. The van der Waals surface area contributed by atoms with Gasteiger partial charge in [0.05, 0.1) is 11.6 Å². The van der Waals surface area contributed by atoms with Gasteiger partial charge in [-0.25, -0.2) is 0 Å². The minimum Gasteiger partial charge on any atom is -0.296 e. The van der Waals surface area contributed by atoms with Crippen molar-refractivity contribution < 1.29 is 0 Å². The molecule has 1 aromatic carbocycles. The fourth-order valence-electron chi connectivity index (χ4n) is 2.77. The van der Waals surface area contributed by atoms with Crippen molar-refractivity contribution in [3.63, 3.8) is 0 Å². The highest BCUT2D eigenvalue weighted by atomic mass is 35.5. The van der Waals surface area contributed by atoms with Gasteiger partial charge in [0.2, 0.25) is 0 Å². The first kappa shape index (κ1) is 13.4. The zero-order chi connectivity index (χ0) is 13.1. The Bertz CT molecular complexity index is 462. The van der Waals surface area contributed by atoms with E-state index in [2.05, 4.69) is 24.8 Å². The summed E-state index contributed by atoms with van der Waals surface area (Å²) in [6.45, 7) is 6.61. The van der Waals surface area contributed by atoms with E-state index >= 15 is 0 Å². The lowest BCUT2D eigenvalue weighted by Gasteiger charge is -2.27. The summed E-state index contributed by atoms with van der Waals surface area (Å²) in [5, 5.41) is 9.54. The topological polar surface area (TPSA) is 27.0 Å². The largest absolute Gasteiger partial charge is 0.296 e. The maximum absolute atomic E-state index is 8.83. The van der Waals surface area contributed by atoms with Crippen LogP contribution in [0.1, 0.15) is 37.8 Å². The Kier molecular flexibility index (Phi) is 4.27. The summed E-state index contributed by atoms with van der Waals surface area (Å²) in [5.74, 6) is 0.685. The Morgan fingerprint density at radius 2 is 2.28 bits per heavy atom. The maximum Gasteiger partial charge on any atom is 0.0992 e. The van der Waals surface area contributed by atoms with Crippen LogP contribution in [0.4, 0.5) is 0 Å². The molecule has 2 nitrogen and oxygen atoms in total. The number of nitrogens with zero attached hydrogens (tertiary/aromatic N) is 2. The molecule has 0 amide bonds. The average Bonchev–Trinajstić information content (AvgIpc) is 2.80. The highest BCUT2D eigenvalue weighted by Crippen LogP contribution is 2.27. The number of hydrogen-bond acceptors (Lipinski definition) is 2. The van der Waals surface area contributed by atoms with Gasteiger partial charge in [-0.3, -0.25) is 4.90 Å². The molecule has 3 heteroatoms. The number of likely N-dealkylation sites (tertiary alicyclic amines) is 1. The van der Waals surface area contributed by atoms with Crippen molar-refractivity contribution >= 4 is 11.6 Å². The van der Waals surface area contributed by atoms with Gasteiger partial charge in [0, 0.05) is 17.6 Å². The summed E-state index contributed by atoms with van der Waals surface area (Å²) >= 11 is 6.24. The van der Waals surface area contributed by atoms with Crippen LogP contribution in [-0.4, -0.2) is 17.5 Å². The summed E-state index contributed by atoms with van der Waals surface area (Å²) in [6, 6.07) is 8.37. The van der Waals surface area contributed by atoms with E-state index in [1.807, 2.05) is 12.1 Å². The SMILES string of the molecule is CC(C)C1CCCN1Cc1ccc(C#N)cc1Cl. The summed E-state index contributed by atoms with van der Waals surface area (Å²) in [7, 11) is 0. The molecular formula is C15H19ClN2. The molecule has 18 heavy (non-hydrogen) atoms. The monoisotopic (exact) mass is 262 g/mol. The lowest BCUT2D eigenvalue weighted by atomic mass is 10.0. The summed E-state index contributed by atoms with van der Waals surface area (Å²) < 4.78 is 0. The van der Waals surface area contributed by atoms with Gasteiger partial charge >= 0.3 is 0 Å². The molecule has 0 bridgehead atoms. The van der Waals surface area contributed by atoms with Crippen LogP contribution in [0, 0.1) is 17.2 Å². The van der Waals surface area contributed by atoms with E-state index in [9.17, 15) is 0 Å². The lowest BCUT2D eigenvalue weighted by molar-refractivity contribution is 0.199. The lowest BCUT2D eigenvalue weighted by Crippen LogP contribution is -2.32. The highest BCUT2D eigenvalue weighted by Gasteiger charge is 2.27. The molecule has 0 saturated carbocycles. The first-order valence-corrected chi connectivity index (χ1v) is 6.92. The first-order chi connectivity index (χ1) is 8.61. The summed E-state index contributed by atoms with van der Waals surface area (Å²) in [5.41, 5.74) is 1.76. The molecule has 1 heterocycles. The molecule has 0 aromatic heterocycles. The highest BCUT2D eigenvalue weighted by molar-refractivity contribution is 6.31. The van der Waals surface area contributed by atoms with Crippen LogP contribution in [0.2, 0.25) is 5.02 Å². The number of hydrogen-bond donors (Lipinski definition) is 0. The average molecular weight is 263 g/mol. The standard InChI is InChI=1S/C15H19ClN2/c1-11(2)15-4-3-7-18(15)10-13-6-5-12(9-17)8-14(13)16/h5-6,8,11,15H,3-4,7,10H2,1-2H3. The van der Waals surface area contributed by atoms with Gasteiger partial charge in [0.1, 0.15) is 0 Å². The van der Waals surface area contributed by atoms with Crippen LogP contribution >= 0.6 is 11.6 Å². The van der Waals surface area contributed by atoms with E-state index in [4.69, 9.17) is 16.9 Å². The van der Waals surface area contributed by atoms with E-state index in [1.165, 1.54) is 12.8 Å². The predicted octanol–water partition coefficient (Wildman–Crippen LogP) is 3.83. The quantitative estimate of drug-likeness (QED) is 0.828. The summed E-state index contributed by atoms with van der Waals surface area (Å²) in [4.78, 5) is 2.51. The van der Waals surface area contributed by atoms with Crippen molar-refractivity contribution in [1.82, 2.24) is 4.90 Å². The van der Waals surface area contributed by atoms with Crippen molar-refractivity contribution in [2.24, 2.45) is 5.92 Å². The molecule has 1 saturated heterocycles. The Morgan fingerprint density at radius 1 is 1.50 bits per heavy atom. The third-order valence-electron chi connectivity index (χ3n) is 3.74. The second-order valence-corrected chi connectivity index (χ2v) is 5.75. The van der Waals surface area contributed by atoms with Gasteiger partial charge in [0.15, 0.2) is 0 Å². The number of rotatable bonds is 3. The zero-order valence-electron chi connectivity index (χ0n) is 11.0. The minimum absolute atomic E-state index is 0.630. The molecule has 1 aromatic rings. The predicted molar refractivity (Wildman–Crippen MR) is 74.4 cm³/mol. The van der Waals surface area contributed by atoms with Crippen molar-refractivity contribution in [1.29, 1.82) is 5.26 Å². The van der Waals surface area contributed by atoms with Crippen molar-refractivity contribution in [3.05, 3.63) is 34.3 Å². The number of benzene rings is 1. The van der Waals surface area contributed by atoms with E-state index in [0.29, 0.717) is 22.5 Å². The fraction of sp³-hybridized carbons (Fsp3) is 0.533. The van der Waals surface area contributed by atoms with Gasteiger partial charge in [0.25, 0.3) is 0 Å². The molecular weight excluding hydrogens is 244 g/mol. The Morgan fingerprint density at radius 3 is 2.89 bits per heavy atom. The molecule has 96 valence electrons. The molecule has 1 fully saturated rings. The van der Waals surface area contributed by atoms with Crippen molar-refractivity contribution in [2.75, 3.05) is 6.54 Å². The van der Waals surface area contributed by atoms with E-state index in [-0.39, 0.29) is 0 Å². The van der Waals surface area contributed by atoms with E-state index in [0.717, 1.165) is 18.7 Å². The molecule has 1 aliphatic heterocycles. The molecule has 1 atom stereocenters. The van der Waals surface area contributed by atoms with Crippen LogP contribution in [0.3, 0.4) is 0 Å². The fourth-order valence-corrected chi connectivity index (χ4v) is 3.01. The van der Waals surface area contributed by atoms with Crippen molar-refractivity contribution in [3.8, 4) is 6.07 Å². The van der Waals surface area contributed by atoms with Crippen LogP contribution in [0.5, 0.6) is 0 Å². The van der Waals surface area contributed by atoms with Gasteiger partial charge in [-0.1, -0.05) is 31.5 Å². The molecule has 0 aliphatic carbocycles. The Labute approximate surface area is 114 Å². The minimum atomic E-state index is 0.630. The van der Waals surface area contributed by atoms with E-state index < -0.39 is 0 Å². The molecule has 1 aliphatic rings. The molecule has 2 rings (SSSR count). The third-order valence-corrected chi connectivity index (χ3v) is 4.09. The zero-order valence-corrected chi connectivity index (χ0v) is 11.7. The van der Waals surface area contributed by atoms with Gasteiger partial charge in [-0.15, -0.1) is 0 Å². The first-order valence-electron chi connectivity index (χ1n) is 6.54.